The Kier molecular flexibility index (Phi) is 0.680. The summed E-state index contributed by atoms with van der Waals surface area (Å²) in [5.74, 6) is 0. The Hall–Kier alpha value is -0.340. The molecule has 0 aromatic heterocycles. The smallest absolute Gasteiger partial charge is 0.136 e. The van der Waals surface area contributed by atoms with Gasteiger partial charge in [0.15, 0.2) is 0 Å². The van der Waals surface area contributed by atoms with Crippen molar-refractivity contribution in [3.05, 3.63) is 12.7 Å². The summed E-state index contributed by atoms with van der Waals surface area (Å²) >= 11 is 0. The van der Waals surface area contributed by atoms with E-state index >= 15 is 0 Å². The van der Waals surface area contributed by atoms with Crippen LogP contribution >= 0.6 is 0 Å². The van der Waals surface area contributed by atoms with Crippen molar-refractivity contribution in [3.8, 4) is 0 Å². The summed E-state index contributed by atoms with van der Waals surface area (Å²) in [5, 5.41) is 0. The van der Waals surface area contributed by atoms with E-state index in [9.17, 15) is 0 Å². The van der Waals surface area contributed by atoms with Crippen molar-refractivity contribution in [2.75, 3.05) is 0 Å². The van der Waals surface area contributed by atoms with Gasteiger partial charge in [-0.25, -0.2) is 0 Å². The van der Waals surface area contributed by atoms with Gasteiger partial charge in [-0.15, -0.1) is 6.58 Å². The highest BCUT2D eigenvalue weighted by molar-refractivity contribution is 4.94. The quantitative estimate of drug-likeness (QED) is 0.355. The van der Waals surface area contributed by atoms with Gasteiger partial charge < -0.3 is 10.5 Å². The summed E-state index contributed by atoms with van der Waals surface area (Å²) < 4.78 is 4.73. The highest BCUT2D eigenvalue weighted by atomic mass is 16.6. The van der Waals surface area contributed by atoms with E-state index in [1.54, 1.807) is 6.08 Å². The van der Waals surface area contributed by atoms with Crippen LogP contribution in [0.2, 0.25) is 0 Å². The molecule has 0 saturated carbocycles. The molecule has 1 heterocycles. The van der Waals surface area contributed by atoms with Crippen molar-refractivity contribution in [1.29, 1.82) is 0 Å². The van der Waals surface area contributed by atoms with Gasteiger partial charge in [0.25, 0.3) is 0 Å². The normalized spacial score (nSPS) is 42.2. The summed E-state index contributed by atoms with van der Waals surface area (Å²) in [6, 6.07) is 0. The lowest BCUT2D eigenvalue weighted by Crippen LogP contribution is -2.02. The van der Waals surface area contributed by atoms with Crippen LogP contribution in [0.25, 0.3) is 0 Å². The van der Waals surface area contributed by atoms with Gasteiger partial charge in [0.2, 0.25) is 0 Å². The summed E-state index contributed by atoms with van der Waals surface area (Å²) in [6.07, 6.45) is 1.79. The predicted octanol–water partition coefficient (Wildman–Crippen LogP) is -0.144. The standard InChI is InChI=1S/C4H7NO/c1-2-3-4(5)6-3/h2-4H,1,5H2. The number of hydrogen-bond acceptors (Lipinski definition) is 2. The van der Waals surface area contributed by atoms with Gasteiger partial charge in [-0.3, -0.25) is 0 Å². The summed E-state index contributed by atoms with van der Waals surface area (Å²) in [6.45, 7) is 3.47. The van der Waals surface area contributed by atoms with Crippen molar-refractivity contribution in [3.63, 3.8) is 0 Å². The van der Waals surface area contributed by atoms with E-state index in [4.69, 9.17) is 10.5 Å². The molecule has 34 valence electrons. The first-order valence-electron chi connectivity index (χ1n) is 1.88. The molecule has 0 radical (unpaired) electrons. The first-order valence-corrected chi connectivity index (χ1v) is 1.88. The molecule has 1 aliphatic heterocycles. The van der Waals surface area contributed by atoms with Gasteiger partial charge in [-0.1, -0.05) is 6.08 Å². The molecule has 1 rings (SSSR count). The van der Waals surface area contributed by atoms with Crippen LogP contribution in [0.3, 0.4) is 0 Å². The zero-order valence-corrected chi connectivity index (χ0v) is 3.42. The van der Waals surface area contributed by atoms with Crippen molar-refractivity contribution in [2.24, 2.45) is 5.73 Å². The van der Waals surface area contributed by atoms with Gasteiger partial charge in [0.05, 0.1) is 0 Å². The average molecular weight is 85.1 g/mol. The zero-order chi connectivity index (χ0) is 4.57. The van der Waals surface area contributed by atoms with Gasteiger partial charge in [-0.05, 0) is 0 Å². The largest absolute Gasteiger partial charge is 0.349 e. The molecule has 0 bridgehead atoms. The third-order valence-corrected chi connectivity index (χ3v) is 0.794. The fourth-order valence-corrected chi connectivity index (χ4v) is 0.326. The van der Waals surface area contributed by atoms with E-state index in [0.29, 0.717) is 0 Å². The van der Waals surface area contributed by atoms with Crippen LogP contribution in [-0.4, -0.2) is 12.3 Å². The van der Waals surface area contributed by atoms with Crippen LogP contribution in [0, 0.1) is 0 Å². The van der Waals surface area contributed by atoms with E-state index in [1.807, 2.05) is 0 Å². The summed E-state index contributed by atoms with van der Waals surface area (Å²) in [5.41, 5.74) is 5.18. The van der Waals surface area contributed by atoms with Gasteiger partial charge in [-0.2, -0.15) is 0 Å². The molecule has 2 nitrogen and oxygen atoms in total. The predicted molar refractivity (Wildman–Crippen MR) is 23.0 cm³/mol. The lowest BCUT2D eigenvalue weighted by Gasteiger charge is -1.64. The number of rotatable bonds is 1. The first-order chi connectivity index (χ1) is 2.84. The number of hydrogen-bond donors (Lipinski definition) is 1. The van der Waals surface area contributed by atoms with Gasteiger partial charge in [0, 0.05) is 0 Å². The molecule has 0 spiro atoms. The third-order valence-electron chi connectivity index (χ3n) is 0.794. The Balaban J connectivity index is 2.25. The Morgan fingerprint density at radius 3 is 2.33 bits per heavy atom. The second-order valence-corrected chi connectivity index (χ2v) is 1.30. The van der Waals surface area contributed by atoms with E-state index < -0.39 is 0 Å². The van der Waals surface area contributed by atoms with Crippen molar-refractivity contribution in [2.45, 2.75) is 12.3 Å². The number of epoxide rings is 1. The number of ether oxygens (including phenoxy) is 1. The monoisotopic (exact) mass is 85.1 g/mol. The van der Waals surface area contributed by atoms with Crippen LogP contribution in [0.1, 0.15) is 0 Å². The molecule has 1 aliphatic rings. The van der Waals surface area contributed by atoms with Crippen LogP contribution in [0.4, 0.5) is 0 Å². The third kappa shape index (κ3) is 0.441. The molecular formula is C4H7NO. The van der Waals surface area contributed by atoms with Crippen molar-refractivity contribution < 1.29 is 4.74 Å². The Bertz CT molecular complexity index is 71.9. The van der Waals surface area contributed by atoms with E-state index in [-0.39, 0.29) is 12.3 Å². The Morgan fingerprint density at radius 2 is 2.33 bits per heavy atom. The lowest BCUT2D eigenvalue weighted by atomic mass is 10.4. The molecule has 1 fully saturated rings. The molecule has 0 aromatic rings. The molecule has 2 heteroatoms. The molecule has 6 heavy (non-hydrogen) atoms. The van der Waals surface area contributed by atoms with Crippen LogP contribution in [-0.2, 0) is 4.74 Å². The molecule has 2 N–H and O–H groups in total. The van der Waals surface area contributed by atoms with E-state index in [2.05, 4.69) is 6.58 Å². The zero-order valence-electron chi connectivity index (χ0n) is 3.42. The molecule has 2 atom stereocenters. The second kappa shape index (κ2) is 1.06. The number of nitrogens with two attached hydrogens (primary N) is 1. The highest BCUT2D eigenvalue weighted by Gasteiger charge is 2.31. The highest BCUT2D eigenvalue weighted by Crippen LogP contribution is 2.15. The van der Waals surface area contributed by atoms with Crippen LogP contribution in [0.5, 0.6) is 0 Å². The van der Waals surface area contributed by atoms with Crippen LogP contribution < -0.4 is 5.73 Å². The topological polar surface area (TPSA) is 38.5 Å². The fourth-order valence-electron chi connectivity index (χ4n) is 0.326. The van der Waals surface area contributed by atoms with E-state index in [0.717, 1.165) is 0 Å². The minimum atomic E-state index is -0.0532. The molecule has 0 aromatic carbocycles. The molecular weight excluding hydrogens is 78.1 g/mol. The van der Waals surface area contributed by atoms with Gasteiger partial charge >= 0.3 is 0 Å². The maximum Gasteiger partial charge on any atom is 0.136 e. The van der Waals surface area contributed by atoms with Crippen molar-refractivity contribution in [1.82, 2.24) is 0 Å². The molecule has 1 saturated heterocycles. The van der Waals surface area contributed by atoms with E-state index in [1.165, 1.54) is 0 Å². The SMILES string of the molecule is C=CC1OC1N. The van der Waals surface area contributed by atoms with Crippen molar-refractivity contribution >= 4 is 0 Å². The molecule has 2 unspecified atom stereocenters. The first kappa shape index (κ1) is 3.84. The fraction of sp³-hybridized carbons (Fsp3) is 0.500. The maximum atomic E-state index is 5.18. The molecule has 0 aliphatic carbocycles. The minimum absolute atomic E-state index is 0.0532. The lowest BCUT2D eigenvalue weighted by molar-refractivity contribution is 0.393. The summed E-state index contributed by atoms with van der Waals surface area (Å²) in [7, 11) is 0. The maximum absolute atomic E-state index is 5.18. The van der Waals surface area contributed by atoms with Crippen LogP contribution in [0.15, 0.2) is 12.7 Å². The minimum Gasteiger partial charge on any atom is -0.349 e. The molecule has 0 amide bonds. The second-order valence-electron chi connectivity index (χ2n) is 1.30. The summed E-state index contributed by atoms with van der Waals surface area (Å²) in [4.78, 5) is 0. The Morgan fingerprint density at radius 1 is 1.83 bits per heavy atom. The Labute approximate surface area is 36.6 Å². The average Bonchev–Trinajstić information content (AvgIpc) is 2.19. The van der Waals surface area contributed by atoms with Gasteiger partial charge in [0.1, 0.15) is 12.3 Å².